The maximum Gasteiger partial charge on any atom is 0.490 e. The SMILES string of the molecule is CN(C)C(=O)N1CCN(Cc2ccccn2)CC2(CNC(=O)C2)C1.O=C(O)C(F)(F)F. The van der Waals surface area contributed by atoms with Crippen molar-refractivity contribution in [3.63, 3.8) is 0 Å². The Morgan fingerprint density at radius 1 is 1.26 bits per heavy atom. The van der Waals surface area contributed by atoms with E-state index in [0.29, 0.717) is 26.1 Å². The lowest BCUT2D eigenvalue weighted by atomic mass is 9.86. The Morgan fingerprint density at radius 3 is 2.42 bits per heavy atom. The number of alkyl halides is 3. The van der Waals surface area contributed by atoms with Crippen LogP contribution in [0.15, 0.2) is 24.4 Å². The van der Waals surface area contributed by atoms with E-state index in [1.165, 1.54) is 0 Å². The molecule has 1 aromatic rings. The second kappa shape index (κ2) is 9.94. The molecule has 0 bridgehead atoms. The first kappa shape index (κ1) is 24.4. The summed E-state index contributed by atoms with van der Waals surface area (Å²) in [4.78, 5) is 43.4. The number of hydrogen-bond acceptors (Lipinski definition) is 5. The van der Waals surface area contributed by atoms with Gasteiger partial charge in [-0.05, 0) is 12.1 Å². The number of carboxylic acid groups (broad SMARTS) is 1. The first-order chi connectivity index (χ1) is 14.4. The van der Waals surface area contributed by atoms with Crippen LogP contribution in [0.2, 0.25) is 0 Å². The van der Waals surface area contributed by atoms with E-state index in [4.69, 9.17) is 9.90 Å². The number of rotatable bonds is 2. The van der Waals surface area contributed by atoms with Gasteiger partial charge in [-0.25, -0.2) is 9.59 Å². The summed E-state index contributed by atoms with van der Waals surface area (Å²) in [6, 6.07) is 5.91. The van der Waals surface area contributed by atoms with Crippen LogP contribution in [0.3, 0.4) is 0 Å². The molecule has 2 saturated heterocycles. The van der Waals surface area contributed by atoms with Gasteiger partial charge in [-0.1, -0.05) is 6.07 Å². The maximum absolute atomic E-state index is 12.5. The molecule has 1 unspecified atom stereocenters. The van der Waals surface area contributed by atoms with Crippen molar-refractivity contribution in [3.05, 3.63) is 30.1 Å². The lowest BCUT2D eigenvalue weighted by Gasteiger charge is -2.33. The van der Waals surface area contributed by atoms with Crippen LogP contribution in [0.1, 0.15) is 12.1 Å². The number of pyridine rings is 1. The smallest absolute Gasteiger partial charge is 0.475 e. The molecule has 2 aliphatic heterocycles. The van der Waals surface area contributed by atoms with Crippen molar-refractivity contribution in [2.45, 2.75) is 19.1 Å². The summed E-state index contributed by atoms with van der Waals surface area (Å²) < 4.78 is 31.7. The number of halogens is 3. The van der Waals surface area contributed by atoms with E-state index in [9.17, 15) is 22.8 Å². The van der Waals surface area contributed by atoms with Crippen LogP contribution in [0.4, 0.5) is 18.0 Å². The normalized spacial score (nSPS) is 21.7. The van der Waals surface area contributed by atoms with Crippen LogP contribution < -0.4 is 5.32 Å². The van der Waals surface area contributed by atoms with E-state index >= 15 is 0 Å². The highest BCUT2D eigenvalue weighted by Crippen LogP contribution is 2.31. The molecule has 1 spiro atoms. The van der Waals surface area contributed by atoms with Crippen LogP contribution in [0, 0.1) is 5.41 Å². The van der Waals surface area contributed by atoms with Crippen LogP contribution in [0.25, 0.3) is 0 Å². The number of carbonyl (C=O) groups is 3. The van der Waals surface area contributed by atoms with Gasteiger partial charge in [0, 0.05) is 71.4 Å². The second-order valence-corrected chi connectivity index (χ2v) is 7.89. The molecule has 3 amide bonds. The highest BCUT2D eigenvalue weighted by atomic mass is 19.4. The number of carboxylic acids is 1. The van der Waals surface area contributed by atoms with E-state index in [-0.39, 0.29) is 17.4 Å². The molecule has 0 saturated carbocycles. The molecular weight excluding hydrogens is 419 g/mol. The Kier molecular flexibility index (Phi) is 7.82. The van der Waals surface area contributed by atoms with E-state index in [0.717, 1.165) is 25.3 Å². The van der Waals surface area contributed by atoms with E-state index in [2.05, 4.69) is 15.2 Å². The zero-order valence-corrected chi connectivity index (χ0v) is 17.4. The maximum atomic E-state index is 12.5. The molecule has 0 radical (unpaired) electrons. The van der Waals surface area contributed by atoms with Gasteiger partial charge in [0.1, 0.15) is 0 Å². The number of nitrogens with one attached hydrogen (secondary N) is 1. The molecule has 172 valence electrons. The standard InChI is InChI=1S/C17H25N5O2.C2HF3O2/c1-20(2)16(24)22-8-7-21(10-14-5-3-4-6-18-14)12-17(13-22)9-15(23)19-11-17;3-2(4,5)1(6)7/h3-6H,7-13H2,1-2H3,(H,19,23);(H,6,7). The van der Waals surface area contributed by atoms with Crippen LogP contribution >= 0.6 is 0 Å². The quantitative estimate of drug-likeness (QED) is 0.704. The summed E-state index contributed by atoms with van der Waals surface area (Å²) in [5.74, 6) is -2.68. The summed E-state index contributed by atoms with van der Waals surface area (Å²) >= 11 is 0. The van der Waals surface area contributed by atoms with Gasteiger partial charge in [0.2, 0.25) is 5.91 Å². The molecule has 3 rings (SSSR count). The van der Waals surface area contributed by atoms with Crippen LogP contribution in [0.5, 0.6) is 0 Å². The predicted octanol–water partition coefficient (Wildman–Crippen LogP) is 1.02. The number of aromatic nitrogens is 1. The van der Waals surface area contributed by atoms with Gasteiger partial charge in [0.15, 0.2) is 0 Å². The van der Waals surface area contributed by atoms with E-state index in [1.54, 1.807) is 25.2 Å². The highest BCUT2D eigenvalue weighted by Gasteiger charge is 2.44. The Morgan fingerprint density at radius 2 is 1.94 bits per heavy atom. The molecule has 3 heterocycles. The lowest BCUT2D eigenvalue weighted by Crippen LogP contribution is -2.47. The minimum Gasteiger partial charge on any atom is -0.475 e. The third kappa shape index (κ3) is 7.09. The number of nitrogens with zero attached hydrogens (tertiary/aromatic N) is 4. The molecule has 1 atom stereocenters. The molecule has 31 heavy (non-hydrogen) atoms. The Labute approximate surface area is 177 Å². The fourth-order valence-electron chi connectivity index (χ4n) is 3.63. The average Bonchev–Trinajstić information content (AvgIpc) is 2.94. The molecule has 9 nitrogen and oxygen atoms in total. The van der Waals surface area contributed by atoms with E-state index < -0.39 is 12.1 Å². The first-order valence-electron chi connectivity index (χ1n) is 9.57. The van der Waals surface area contributed by atoms with Gasteiger partial charge in [-0.15, -0.1) is 0 Å². The monoisotopic (exact) mass is 445 g/mol. The fourth-order valence-corrected chi connectivity index (χ4v) is 3.63. The van der Waals surface area contributed by atoms with Gasteiger partial charge in [0.25, 0.3) is 0 Å². The molecular formula is C19H26F3N5O4. The van der Waals surface area contributed by atoms with Gasteiger partial charge in [-0.3, -0.25) is 14.7 Å². The number of urea groups is 1. The molecule has 1 aromatic heterocycles. The van der Waals surface area contributed by atoms with Crippen molar-refractivity contribution in [3.8, 4) is 0 Å². The molecule has 2 N–H and O–H groups in total. The number of hydrogen-bond donors (Lipinski definition) is 2. The van der Waals surface area contributed by atoms with Crippen molar-refractivity contribution in [2.75, 3.05) is 46.8 Å². The fraction of sp³-hybridized carbons (Fsp3) is 0.579. The molecule has 0 aromatic carbocycles. The van der Waals surface area contributed by atoms with Gasteiger partial charge < -0.3 is 20.2 Å². The predicted molar refractivity (Wildman–Crippen MR) is 104 cm³/mol. The highest BCUT2D eigenvalue weighted by molar-refractivity contribution is 5.80. The summed E-state index contributed by atoms with van der Waals surface area (Å²) in [6.07, 6.45) is -2.81. The van der Waals surface area contributed by atoms with Crippen molar-refractivity contribution >= 4 is 17.9 Å². The average molecular weight is 445 g/mol. The minimum absolute atomic E-state index is 0.00779. The summed E-state index contributed by atoms with van der Waals surface area (Å²) in [6.45, 7) is 4.22. The van der Waals surface area contributed by atoms with Crippen molar-refractivity contribution in [2.24, 2.45) is 5.41 Å². The largest absolute Gasteiger partial charge is 0.490 e. The Hall–Kier alpha value is -2.89. The number of amides is 3. The zero-order chi connectivity index (χ0) is 23.2. The lowest BCUT2D eigenvalue weighted by molar-refractivity contribution is -0.192. The summed E-state index contributed by atoms with van der Waals surface area (Å²) in [5, 5.41) is 10.1. The van der Waals surface area contributed by atoms with Gasteiger partial charge in [0.05, 0.1) is 5.69 Å². The van der Waals surface area contributed by atoms with E-state index in [1.807, 2.05) is 23.1 Å². The van der Waals surface area contributed by atoms with Gasteiger partial charge in [-0.2, -0.15) is 13.2 Å². The van der Waals surface area contributed by atoms with Crippen LogP contribution in [-0.4, -0.2) is 95.7 Å². The number of carbonyl (C=O) groups excluding carboxylic acids is 2. The summed E-state index contributed by atoms with van der Waals surface area (Å²) in [5.41, 5.74) is 0.797. The summed E-state index contributed by atoms with van der Waals surface area (Å²) in [7, 11) is 3.53. The third-order valence-electron chi connectivity index (χ3n) is 4.97. The number of aliphatic carboxylic acids is 1. The topological polar surface area (TPSA) is 106 Å². The van der Waals surface area contributed by atoms with Crippen molar-refractivity contribution in [1.82, 2.24) is 25.0 Å². The molecule has 0 aliphatic carbocycles. The Balaban J connectivity index is 0.000000423. The minimum atomic E-state index is -5.08. The van der Waals surface area contributed by atoms with Crippen molar-refractivity contribution in [1.29, 1.82) is 0 Å². The zero-order valence-electron chi connectivity index (χ0n) is 17.4. The first-order valence-corrected chi connectivity index (χ1v) is 9.57. The van der Waals surface area contributed by atoms with Gasteiger partial charge >= 0.3 is 18.2 Å². The third-order valence-corrected chi connectivity index (χ3v) is 4.97. The molecule has 2 aliphatic rings. The second-order valence-electron chi connectivity index (χ2n) is 7.89. The van der Waals surface area contributed by atoms with Crippen LogP contribution in [-0.2, 0) is 16.1 Å². The molecule has 2 fully saturated rings. The molecule has 12 heteroatoms. The Bertz CT molecular complexity index is 790. The van der Waals surface area contributed by atoms with Crippen molar-refractivity contribution < 1.29 is 32.7 Å².